The van der Waals surface area contributed by atoms with E-state index in [0.717, 1.165) is 12.1 Å². The molecule has 0 aliphatic heterocycles. The standard InChI is InChI=1S/C10H10FNO3S/c11-7-3-1-6(2-4-7)9(13)12-8(5-16)10(14)15/h1-4,8,16H,5H2,(H,12,13)(H,14,15). The maximum atomic E-state index is 12.6. The number of hydrogen-bond donors (Lipinski definition) is 3. The molecule has 0 bridgehead atoms. The second-order valence-corrected chi connectivity index (χ2v) is 3.42. The van der Waals surface area contributed by atoms with Crippen LogP contribution in [0.15, 0.2) is 24.3 Å². The second-order valence-electron chi connectivity index (χ2n) is 3.05. The summed E-state index contributed by atoms with van der Waals surface area (Å²) >= 11 is 3.80. The monoisotopic (exact) mass is 243 g/mol. The zero-order chi connectivity index (χ0) is 12.1. The molecule has 1 amide bonds. The molecule has 1 aromatic carbocycles. The van der Waals surface area contributed by atoms with E-state index in [9.17, 15) is 14.0 Å². The average molecular weight is 243 g/mol. The van der Waals surface area contributed by atoms with Gasteiger partial charge in [-0.2, -0.15) is 12.6 Å². The number of amides is 1. The Morgan fingerprint density at radius 2 is 1.94 bits per heavy atom. The minimum Gasteiger partial charge on any atom is -0.480 e. The molecule has 16 heavy (non-hydrogen) atoms. The lowest BCUT2D eigenvalue weighted by Crippen LogP contribution is -2.42. The van der Waals surface area contributed by atoms with Crippen LogP contribution in [0.2, 0.25) is 0 Å². The Labute approximate surface area is 96.9 Å². The molecule has 6 heteroatoms. The summed E-state index contributed by atoms with van der Waals surface area (Å²) < 4.78 is 12.6. The van der Waals surface area contributed by atoms with Crippen LogP contribution >= 0.6 is 12.6 Å². The third kappa shape index (κ3) is 3.23. The summed E-state index contributed by atoms with van der Waals surface area (Å²) in [4.78, 5) is 22.1. The minimum atomic E-state index is -1.16. The molecule has 0 spiro atoms. The summed E-state index contributed by atoms with van der Waals surface area (Å²) in [6.07, 6.45) is 0. The van der Waals surface area contributed by atoms with Crippen LogP contribution in [0.5, 0.6) is 0 Å². The number of nitrogens with one attached hydrogen (secondary N) is 1. The molecule has 86 valence electrons. The van der Waals surface area contributed by atoms with E-state index in [1.807, 2.05) is 0 Å². The van der Waals surface area contributed by atoms with E-state index in [2.05, 4.69) is 17.9 Å². The summed E-state index contributed by atoms with van der Waals surface area (Å²) in [5.74, 6) is -2.20. The zero-order valence-corrected chi connectivity index (χ0v) is 9.08. The Morgan fingerprint density at radius 1 is 1.38 bits per heavy atom. The van der Waals surface area contributed by atoms with Crippen molar-refractivity contribution in [1.29, 1.82) is 0 Å². The van der Waals surface area contributed by atoms with Gasteiger partial charge in [-0.3, -0.25) is 4.79 Å². The fourth-order valence-electron chi connectivity index (χ4n) is 1.03. The van der Waals surface area contributed by atoms with Gasteiger partial charge in [0.15, 0.2) is 0 Å². The van der Waals surface area contributed by atoms with Crippen LogP contribution in [0.3, 0.4) is 0 Å². The quantitative estimate of drug-likeness (QED) is 0.689. The lowest BCUT2D eigenvalue weighted by molar-refractivity contribution is -0.138. The van der Waals surface area contributed by atoms with Crippen LogP contribution in [-0.4, -0.2) is 28.8 Å². The van der Waals surface area contributed by atoms with E-state index in [1.165, 1.54) is 12.1 Å². The van der Waals surface area contributed by atoms with Crippen LogP contribution in [0, 0.1) is 5.82 Å². The highest BCUT2D eigenvalue weighted by atomic mass is 32.1. The Balaban J connectivity index is 2.71. The van der Waals surface area contributed by atoms with Gasteiger partial charge in [-0.05, 0) is 24.3 Å². The van der Waals surface area contributed by atoms with Crippen LogP contribution in [-0.2, 0) is 4.79 Å². The first kappa shape index (κ1) is 12.5. The van der Waals surface area contributed by atoms with E-state index in [1.54, 1.807) is 0 Å². The van der Waals surface area contributed by atoms with Gasteiger partial charge in [0.25, 0.3) is 5.91 Å². The Kier molecular flexibility index (Phi) is 4.30. The van der Waals surface area contributed by atoms with Gasteiger partial charge in [0, 0.05) is 11.3 Å². The van der Waals surface area contributed by atoms with Gasteiger partial charge in [-0.15, -0.1) is 0 Å². The zero-order valence-electron chi connectivity index (χ0n) is 8.18. The van der Waals surface area contributed by atoms with Crippen LogP contribution in [0.25, 0.3) is 0 Å². The van der Waals surface area contributed by atoms with E-state index in [-0.39, 0.29) is 11.3 Å². The van der Waals surface area contributed by atoms with Crippen LogP contribution < -0.4 is 5.32 Å². The molecule has 0 heterocycles. The SMILES string of the molecule is O=C(NC(CS)C(=O)O)c1ccc(F)cc1. The molecule has 0 saturated carbocycles. The Hall–Kier alpha value is -1.56. The molecule has 2 N–H and O–H groups in total. The number of hydrogen-bond acceptors (Lipinski definition) is 3. The third-order valence-electron chi connectivity index (χ3n) is 1.89. The van der Waals surface area contributed by atoms with Gasteiger partial charge in [0.1, 0.15) is 11.9 Å². The lowest BCUT2D eigenvalue weighted by atomic mass is 10.2. The van der Waals surface area contributed by atoms with Gasteiger partial charge in [-0.1, -0.05) is 0 Å². The number of thiol groups is 1. The molecule has 0 aliphatic carbocycles. The molecule has 0 radical (unpaired) electrons. The van der Waals surface area contributed by atoms with Gasteiger partial charge < -0.3 is 10.4 Å². The number of carboxylic acids is 1. The highest BCUT2D eigenvalue weighted by molar-refractivity contribution is 7.80. The van der Waals surface area contributed by atoms with E-state index in [4.69, 9.17) is 5.11 Å². The first-order valence-corrected chi connectivity index (χ1v) is 5.08. The van der Waals surface area contributed by atoms with Crippen LogP contribution in [0.4, 0.5) is 4.39 Å². The van der Waals surface area contributed by atoms with Gasteiger partial charge in [-0.25, -0.2) is 9.18 Å². The van der Waals surface area contributed by atoms with E-state index < -0.39 is 23.7 Å². The number of carboxylic acid groups (broad SMARTS) is 1. The fourth-order valence-corrected chi connectivity index (χ4v) is 1.28. The summed E-state index contributed by atoms with van der Waals surface area (Å²) in [7, 11) is 0. The van der Waals surface area contributed by atoms with Crippen molar-refractivity contribution in [3.8, 4) is 0 Å². The number of carbonyl (C=O) groups excluding carboxylic acids is 1. The largest absolute Gasteiger partial charge is 0.480 e. The molecule has 0 aliphatic rings. The lowest BCUT2D eigenvalue weighted by Gasteiger charge is -2.11. The van der Waals surface area contributed by atoms with Gasteiger partial charge in [0.05, 0.1) is 0 Å². The number of carbonyl (C=O) groups is 2. The van der Waals surface area contributed by atoms with Crippen molar-refractivity contribution in [1.82, 2.24) is 5.32 Å². The molecule has 0 saturated heterocycles. The molecule has 1 unspecified atom stereocenters. The normalized spacial score (nSPS) is 11.9. The molecule has 0 fully saturated rings. The molecular weight excluding hydrogens is 233 g/mol. The van der Waals surface area contributed by atoms with Crippen molar-refractivity contribution < 1.29 is 19.1 Å². The second kappa shape index (κ2) is 5.50. The first-order valence-electron chi connectivity index (χ1n) is 4.44. The average Bonchev–Trinajstić information content (AvgIpc) is 2.26. The highest BCUT2D eigenvalue weighted by Crippen LogP contribution is 2.03. The van der Waals surface area contributed by atoms with E-state index >= 15 is 0 Å². The van der Waals surface area contributed by atoms with E-state index in [0.29, 0.717) is 0 Å². The van der Waals surface area contributed by atoms with Gasteiger partial charge in [0.2, 0.25) is 0 Å². The molecule has 1 rings (SSSR count). The van der Waals surface area contributed by atoms with Crippen molar-refractivity contribution >= 4 is 24.5 Å². The van der Waals surface area contributed by atoms with Gasteiger partial charge >= 0.3 is 5.97 Å². The number of rotatable bonds is 4. The molecule has 0 aromatic heterocycles. The van der Waals surface area contributed by atoms with Crippen molar-refractivity contribution in [2.75, 3.05) is 5.75 Å². The summed E-state index contributed by atoms with van der Waals surface area (Å²) in [6, 6.07) is 3.77. The maximum absolute atomic E-state index is 12.6. The van der Waals surface area contributed by atoms with Crippen molar-refractivity contribution in [3.05, 3.63) is 35.6 Å². The molecule has 1 atom stereocenters. The van der Waals surface area contributed by atoms with Crippen LogP contribution in [0.1, 0.15) is 10.4 Å². The maximum Gasteiger partial charge on any atom is 0.327 e. The minimum absolute atomic E-state index is 0.0116. The predicted octanol–water partition coefficient (Wildman–Crippen LogP) is 0.939. The van der Waals surface area contributed by atoms with Crippen molar-refractivity contribution in [2.45, 2.75) is 6.04 Å². The fraction of sp³-hybridized carbons (Fsp3) is 0.200. The first-order chi connectivity index (χ1) is 7.54. The predicted molar refractivity (Wildman–Crippen MR) is 59.1 cm³/mol. The summed E-state index contributed by atoms with van der Waals surface area (Å²) in [6.45, 7) is 0. The highest BCUT2D eigenvalue weighted by Gasteiger charge is 2.18. The summed E-state index contributed by atoms with van der Waals surface area (Å²) in [5.41, 5.74) is 0.203. The number of aliphatic carboxylic acids is 1. The van der Waals surface area contributed by atoms with Crippen molar-refractivity contribution in [3.63, 3.8) is 0 Å². The Morgan fingerprint density at radius 3 is 2.38 bits per heavy atom. The summed E-state index contributed by atoms with van der Waals surface area (Å²) in [5, 5.41) is 11.0. The van der Waals surface area contributed by atoms with Crippen molar-refractivity contribution in [2.24, 2.45) is 0 Å². The topological polar surface area (TPSA) is 66.4 Å². The number of halogens is 1. The molecule has 1 aromatic rings. The smallest absolute Gasteiger partial charge is 0.327 e. The Bertz CT molecular complexity index is 394. The molecule has 4 nitrogen and oxygen atoms in total. The number of benzene rings is 1. The third-order valence-corrected chi connectivity index (χ3v) is 2.26. The molecular formula is C10H10FNO3S.